The van der Waals surface area contributed by atoms with Crippen LogP contribution in [0.2, 0.25) is 0 Å². The molecule has 1 heterocycles. The quantitative estimate of drug-likeness (QED) is 0.467. The van der Waals surface area contributed by atoms with Gasteiger partial charge in [-0.1, -0.05) is 0 Å². The van der Waals surface area contributed by atoms with E-state index in [1.54, 1.807) is 0 Å². The average Bonchev–Trinajstić information content (AvgIpc) is 1.78. The Morgan fingerprint density at radius 3 is 2.56 bits per heavy atom. The van der Waals surface area contributed by atoms with Gasteiger partial charge in [0, 0.05) is 11.8 Å². The molecular formula is C7H13N2+. The van der Waals surface area contributed by atoms with Gasteiger partial charge in [-0.25, -0.2) is 0 Å². The number of allylic oxidation sites excluding steroid dienone is 1. The first kappa shape index (κ1) is 6.36. The van der Waals surface area contributed by atoms with Crippen molar-refractivity contribution in [1.82, 2.24) is 0 Å². The van der Waals surface area contributed by atoms with Crippen molar-refractivity contribution in [2.75, 3.05) is 20.6 Å². The van der Waals surface area contributed by atoms with Crippen molar-refractivity contribution < 1.29 is 4.48 Å². The van der Waals surface area contributed by atoms with Gasteiger partial charge < -0.3 is 5.73 Å². The number of rotatable bonds is 0. The molecule has 2 N–H and O–H groups in total. The lowest BCUT2D eigenvalue weighted by molar-refractivity contribution is -0.833. The van der Waals surface area contributed by atoms with E-state index in [2.05, 4.69) is 20.3 Å². The molecule has 0 saturated carbocycles. The van der Waals surface area contributed by atoms with Gasteiger partial charge in [0.1, 0.15) is 6.54 Å². The van der Waals surface area contributed by atoms with Gasteiger partial charge in [-0.15, -0.1) is 0 Å². The minimum atomic E-state index is 0.882. The average molecular weight is 125 g/mol. The number of quaternary nitrogens is 1. The van der Waals surface area contributed by atoms with Crippen LogP contribution in [0.4, 0.5) is 0 Å². The fraction of sp³-hybridized carbons (Fsp3) is 0.429. The number of hydrogen-bond donors (Lipinski definition) is 1. The molecule has 50 valence electrons. The lowest BCUT2D eigenvalue weighted by Gasteiger charge is -2.25. The molecule has 9 heavy (non-hydrogen) atoms. The summed E-state index contributed by atoms with van der Waals surface area (Å²) in [4.78, 5) is 0. The third-order valence-electron chi connectivity index (χ3n) is 1.47. The molecule has 0 saturated heterocycles. The predicted octanol–water partition coefficient (Wildman–Crippen LogP) is 0.433. The van der Waals surface area contributed by atoms with Crippen molar-refractivity contribution in [3.63, 3.8) is 0 Å². The summed E-state index contributed by atoms with van der Waals surface area (Å²) in [5.74, 6) is 0. The fourth-order valence-electron chi connectivity index (χ4n) is 0.757. The van der Waals surface area contributed by atoms with E-state index in [9.17, 15) is 0 Å². The molecule has 1 aliphatic rings. The third-order valence-corrected chi connectivity index (χ3v) is 1.47. The van der Waals surface area contributed by atoms with Crippen molar-refractivity contribution in [1.29, 1.82) is 0 Å². The first-order chi connectivity index (χ1) is 4.10. The van der Waals surface area contributed by atoms with E-state index < -0.39 is 0 Å². The maximum Gasteiger partial charge on any atom is 0.103 e. The van der Waals surface area contributed by atoms with Crippen molar-refractivity contribution in [2.24, 2.45) is 5.73 Å². The second-order valence-electron chi connectivity index (χ2n) is 2.98. The summed E-state index contributed by atoms with van der Waals surface area (Å²) < 4.78 is 0.903. The number of nitrogens with two attached hydrogens (primary N) is 1. The Bertz CT molecular complexity index is 166. The molecule has 1 aliphatic heterocycles. The largest absolute Gasteiger partial charge is 0.399 e. The summed E-state index contributed by atoms with van der Waals surface area (Å²) in [6.07, 6.45) is 6.08. The molecule has 0 unspecified atom stereocenters. The van der Waals surface area contributed by atoms with Gasteiger partial charge in [0.25, 0.3) is 0 Å². The van der Waals surface area contributed by atoms with Crippen LogP contribution in [0.15, 0.2) is 24.0 Å². The molecular weight excluding hydrogens is 112 g/mol. The summed E-state index contributed by atoms with van der Waals surface area (Å²) in [5, 5.41) is 0. The van der Waals surface area contributed by atoms with Crippen molar-refractivity contribution >= 4 is 0 Å². The van der Waals surface area contributed by atoms with E-state index >= 15 is 0 Å². The minimum absolute atomic E-state index is 0.882. The van der Waals surface area contributed by atoms with Gasteiger partial charge >= 0.3 is 0 Å². The second-order valence-corrected chi connectivity index (χ2v) is 2.98. The van der Waals surface area contributed by atoms with Crippen molar-refractivity contribution in [3.05, 3.63) is 24.0 Å². The number of nitrogens with zero attached hydrogens (tertiary/aromatic N) is 1. The standard InChI is InChI=1S/C7H13N2/c1-9(2)5-3-7(8)4-6-9/h3-5H,6,8H2,1-2H3/q+1. The van der Waals surface area contributed by atoms with Gasteiger partial charge in [-0.3, -0.25) is 4.48 Å². The SMILES string of the molecule is C[N+]1(C)C=CC(N)=CC1. The van der Waals surface area contributed by atoms with Crippen LogP contribution in [0.3, 0.4) is 0 Å². The first-order valence-electron chi connectivity index (χ1n) is 3.08. The smallest absolute Gasteiger partial charge is 0.103 e. The zero-order valence-corrected chi connectivity index (χ0v) is 5.96. The summed E-state index contributed by atoms with van der Waals surface area (Å²) in [6, 6.07) is 0. The van der Waals surface area contributed by atoms with Crippen LogP contribution in [-0.2, 0) is 0 Å². The zero-order chi connectivity index (χ0) is 6.91. The molecule has 0 aromatic carbocycles. The van der Waals surface area contributed by atoms with E-state index in [4.69, 9.17) is 5.73 Å². The maximum atomic E-state index is 5.52. The van der Waals surface area contributed by atoms with E-state index in [0.717, 1.165) is 16.7 Å². The maximum absolute atomic E-state index is 5.52. The zero-order valence-electron chi connectivity index (χ0n) is 5.96. The van der Waals surface area contributed by atoms with Gasteiger partial charge in [0.15, 0.2) is 0 Å². The third kappa shape index (κ3) is 1.57. The first-order valence-corrected chi connectivity index (χ1v) is 3.08. The Balaban J connectivity index is 2.70. The number of likely N-dealkylation sites (N-methyl/N-ethyl adjacent to an activating group) is 1. The van der Waals surface area contributed by atoms with Crippen LogP contribution in [-0.4, -0.2) is 25.1 Å². The van der Waals surface area contributed by atoms with E-state index in [1.165, 1.54) is 0 Å². The van der Waals surface area contributed by atoms with Crippen LogP contribution >= 0.6 is 0 Å². The summed E-state index contributed by atoms with van der Waals surface area (Å²) in [6.45, 7) is 1.00. The highest BCUT2D eigenvalue weighted by Gasteiger charge is 2.11. The lowest BCUT2D eigenvalue weighted by atomic mass is 10.3. The highest BCUT2D eigenvalue weighted by Crippen LogP contribution is 2.06. The van der Waals surface area contributed by atoms with Crippen LogP contribution in [0.25, 0.3) is 0 Å². The second kappa shape index (κ2) is 1.88. The Morgan fingerprint density at radius 1 is 1.56 bits per heavy atom. The monoisotopic (exact) mass is 125 g/mol. The molecule has 0 fully saturated rings. The molecule has 0 aliphatic carbocycles. The minimum Gasteiger partial charge on any atom is -0.399 e. The van der Waals surface area contributed by atoms with Gasteiger partial charge in [0.2, 0.25) is 0 Å². The fourth-order valence-corrected chi connectivity index (χ4v) is 0.757. The normalized spacial score (nSPS) is 23.6. The predicted molar refractivity (Wildman–Crippen MR) is 38.4 cm³/mol. The Morgan fingerprint density at radius 2 is 2.22 bits per heavy atom. The van der Waals surface area contributed by atoms with Crippen molar-refractivity contribution in [3.8, 4) is 0 Å². The number of hydrogen-bond acceptors (Lipinski definition) is 1. The molecule has 0 aromatic heterocycles. The Kier molecular flexibility index (Phi) is 1.33. The molecule has 0 atom stereocenters. The van der Waals surface area contributed by atoms with Gasteiger partial charge in [-0.2, -0.15) is 0 Å². The molecule has 2 nitrogen and oxygen atoms in total. The molecule has 0 bridgehead atoms. The van der Waals surface area contributed by atoms with Crippen molar-refractivity contribution in [2.45, 2.75) is 0 Å². The highest BCUT2D eigenvalue weighted by molar-refractivity contribution is 5.15. The molecule has 2 heteroatoms. The molecule has 0 spiro atoms. The molecule has 0 amide bonds. The van der Waals surface area contributed by atoms with E-state index in [-0.39, 0.29) is 0 Å². The summed E-state index contributed by atoms with van der Waals surface area (Å²) >= 11 is 0. The van der Waals surface area contributed by atoms with E-state index in [0.29, 0.717) is 0 Å². The van der Waals surface area contributed by atoms with E-state index in [1.807, 2.05) is 12.2 Å². The van der Waals surface area contributed by atoms with Crippen LogP contribution in [0.5, 0.6) is 0 Å². The Labute approximate surface area is 55.9 Å². The van der Waals surface area contributed by atoms with Gasteiger partial charge in [-0.05, 0) is 6.08 Å². The lowest BCUT2D eigenvalue weighted by Crippen LogP contribution is -2.35. The van der Waals surface area contributed by atoms with Crippen LogP contribution < -0.4 is 5.73 Å². The Hall–Kier alpha value is -0.760. The van der Waals surface area contributed by atoms with Crippen LogP contribution in [0.1, 0.15) is 0 Å². The summed E-state index contributed by atoms with van der Waals surface area (Å²) in [7, 11) is 4.28. The van der Waals surface area contributed by atoms with Crippen LogP contribution in [0, 0.1) is 0 Å². The summed E-state index contributed by atoms with van der Waals surface area (Å²) in [5.41, 5.74) is 6.40. The molecule has 0 aromatic rings. The highest BCUT2D eigenvalue weighted by atomic mass is 15.3. The molecule has 1 rings (SSSR count). The molecule has 0 radical (unpaired) electrons. The topological polar surface area (TPSA) is 26.0 Å². The van der Waals surface area contributed by atoms with Gasteiger partial charge in [0.05, 0.1) is 20.3 Å².